The highest BCUT2D eigenvalue weighted by molar-refractivity contribution is 6.30. The fourth-order valence-corrected chi connectivity index (χ4v) is 2.15. The number of halogens is 2. The Kier molecular flexibility index (Phi) is 3.89. The highest BCUT2D eigenvalue weighted by Gasteiger charge is 2.04. The summed E-state index contributed by atoms with van der Waals surface area (Å²) in [5, 5.41) is 0.0340. The topological polar surface area (TPSA) is 9.23 Å². The Balaban J connectivity index is 1.88. The Bertz CT molecular complexity index is 756. The molecule has 0 saturated carbocycles. The molecule has 0 saturated heterocycles. The Hall–Kier alpha value is -2.32. The molecule has 0 aliphatic carbocycles. The first-order valence-electron chi connectivity index (χ1n) is 6.42. The van der Waals surface area contributed by atoms with Gasteiger partial charge in [0.2, 0.25) is 0 Å². The SMILES string of the molecule is Fc1ccc(Oc2[c]ccc(-c3ccccc3)c2)cc1Cl. The van der Waals surface area contributed by atoms with Crippen molar-refractivity contribution in [2.75, 3.05) is 0 Å². The van der Waals surface area contributed by atoms with E-state index in [1.165, 1.54) is 18.2 Å². The van der Waals surface area contributed by atoms with Crippen molar-refractivity contribution in [1.82, 2.24) is 0 Å². The fraction of sp³-hybridized carbons (Fsp3) is 0. The molecule has 3 heteroatoms. The Morgan fingerprint density at radius 1 is 0.905 bits per heavy atom. The maximum absolute atomic E-state index is 13.1. The summed E-state index contributed by atoms with van der Waals surface area (Å²) in [4.78, 5) is 0. The van der Waals surface area contributed by atoms with Gasteiger partial charge in [0.25, 0.3) is 0 Å². The molecule has 3 aromatic carbocycles. The third-order valence-electron chi connectivity index (χ3n) is 3.00. The maximum Gasteiger partial charge on any atom is 0.142 e. The second-order valence-electron chi connectivity index (χ2n) is 4.49. The van der Waals surface area contributed by atoms with E-state index in [-0.39, 0.29) is 5.02 Å². The van der Waals surface area contributed by atoms with E-state index in [1.807, 2.05) is 42.5 Å². The zero-order valence-electron chi connectivity index (χ0n) is 11.0. The van der Waals surface area contributed by atoms with Crippen LogP contribution in [-0.4, -0.2) is 0 Å². The number of ether oxygens (including phenoxy) is 1. The summed E-state index contributed by atoms with van der Waals surface area (Å²) < 4.78 is 18.8. The molecule has 1 nitrogen and oxygen atoms in total. The molecule has 3 rings (SSSR count). The highest BCUT2D eigenvalue weighted by atomic mass is 35.5. The van der Waals surface area contributed by atoms with Gasteiger partial charge in [-0.25, -0.2) is 4.39 Å². The minimum absolute atomic E-state index is 0.0340. The van der Waals surface area contributed by atoms with Crippen molar-refractivity contribution < 1.29 is 9.13 Å². The van der Waals surface area contributed by atoms with E-state index in [0.717, 1.165) is 11.1 Å². The molecule has 0 fully saturated rings. The average molecular weight is 298 g/mol. The zero-order valence-corrected chi connectivity index (χ0v) is 11.8. The van der Waals surface area contributed by atoms with Crippen LogP contribution in [0.2, 0.25) is 5.02 Å². The minimum Gasteiger partial charge on any atom is -0.457 e. The summed E-state index contributed by atoms with van der Waals surface area (Å²) in [5.41, 5.74) is 2.12. The zero-order chi connectivity index (χ0) is 14.7. The van der Waals surface area contributed by atoms with Gasteiger partial charge in [0.15, 0.2) is 0 Å². The molecule has 0 aliphatic rings. The summed E-state index contributed by atoms with van der Waals surface area (Å²) >= 11 is 5.74. The highest BCUT2D eigenvalue weighted by Crippen LogP contribution is 2.28. The van der Waals surface area contributed by atoms with E-state index in [2.05, 4.69) is 6.07 Å². The van der Waals surface area contributed by atoms with Crippen LogP contribution in [0.15, 0.2) is 66.7 Å². The lowest BCUT2D eigenvalue weighted by Crippen LogP contribution is -1.87. The predicted molar refractivity (Wildman–Crippen MR) is 82.2 cm³/mol. The molecule has 0 aromatic heterocycles. The van der Waals surface area contributed by atoms with E-state index in [1.54, 1.807) is 6.07 Å². The second kappa shape index (κ2) is 5.98. The van der Waals surface area contributed by atoms with Gasteiger partial charge in [0.1, 0.15) is 17.3 Å². The van der Waals surface area contributed by atoms with Crippen LogP contribution in [0.3, 0.4) is 0 Å². The summed E-state index contributed by atoms with van der Waals surface area (Å²) in [6.45, 7) is 0. The van der Waals surface area contributed by atoms with Crippen LogP contribution in [0.4, 0.5) is 4.39 Å². The molecule has 0 amide bonds. The van der Waals surface area contributed by atoms with Crippen LogP contribution in [0.5, 0.6) is 11.5 Å². The summed E-state index contributed by atoms with van der Waals surface area (Å²) in [5.74, 6) is 0.563. The second-order valence-corrected chi connectivity index (χ2v) is 4.89. The molecule has 103 valence electrons. The predicted octanol–water partition coefficient (Wildman–Crippen LogP) is 5.74. The van der Waals surface area contributed by atoms with Crippen LogP contribution in [0.1, 0.15) is 0 Å². The molecule has 0 spiro atoms. The van der Waals surface area contributed by atoms with Gasteiger partial charge in [-0.2, -0.15) is 0 Å². The van der Waals surface area contributed by atoms with Crippen molar-refractivity contribution >= 4 is 11.6 Å². The van der Waals surface area contributed by atoms with Crippen molar-refractivity contribution in [3.63, 3.8) is 0 Å². The normalized spacial score (nSPS) is 10.4. The van der Waals surface area contributed by atoms with Crippen molar-refractivity contribution in [2.24, 2.45) is 0 Å². The molecule has 0 N–H and O–H groups in total. The lowest BCUT2D eigenvalue weighted by molar-refractivity contribution is 0.480. The molecular weight excluding hydrogens is 287 g/mol. The van der Waals surface area contributed by atoms with Gasteiger partial charge in [0.05, 0.1) is 5.02 Å². The van der Waals surface area contributed by atoms with Gasteiger partial charge in [-0.3, -0.25) is 0 Å². The monoisotopic (exact) mass is 297 g/mol. The first kappa shape index (κ1) is 13.7. The van der Waals surface area contributed by atoms with Crippen LogP contribution in [0.25, 0.3) is 11.1 Å². The quantitative estimate of drug-likeness (QED) is 0.599. The number of rotatable bonds is 3. The van der Waals surface area contributed by atoms with E-state index in [4.69, 9.17) is 16.3 Å². The molecule has 0 aliphatic heterocycles. The summed E-state index contributed by atoms with van der Waals surface area (Å²) in [6, 6.07) is 22.9. The van der Waals surface area contributed by atoms with Gasteiger partial charge in [-0.05, 0) is 35.4 Å². The van der Waals surface area contributed by atoms with E-state index in [9.17, 15) is 4.39 Å². The Labute approximate surface area is 127 Å². The first-order valence-corrected chi connectivity index (χ1v) is 6.80. The minimum atomic E-state index is -0.467. The number of benzene rings is 3. The molecule has 1 radical (unpaired) electrons. The van der Waals surface area contributed by atoms with Crippen molar-refractivity contribution in [2.45, 2.75) is 0 Å². The maximum atomic E-state index is 13.1. The van der Waals surface area contributed by atoms with E-state index in [0.29, 0.717) is 11.5 Å². The lowest BCUT2D eigenvalue weighted by atomic mass is 10.1. The van der Waals surface area contributed by atoms with E-state index >= 15 is 0 Å². The fourth-order valence-electron chi connectivity index (χ4n) is 1.98. The molecule has 0 unspecified atom stereocenters. The lowest BCUT2D eigenvalue weighted by Gasteiger charge is -2.08. The van der Waals surface area contributed by atoms with Gasteiger partial charge < -0.3 is 4.74 Å². The van der Waals surface area contributed by atoms with Crippen LogP contribution in [-0.2, 0) is 0 Å². The molecular formula is C18H11ClFO. The van der Waals surface area contributed by atoms with Gasteiger partial charge in [-0.15, -0.1) is 0 Å². The van der Waals surface area contributed by atoms with Crippen LogP contribution < -0.4 is 4.74 Å². The Morgan fingerprint density at radius 3 is 2.48 bits per heavy atom. The van der Waals surface area contributed by atoms with Gasteiger partial charge in [0, 0.05) is 12.1 Å². The van der Waals surface area contributed by atoms with Gasteiger partial charge >= 0.3 is 0 Å². The number of hydrogen-bond donors (Lipinski definition) is 0. The smallest absolute Gasteiger partial charge is 0.142 e. The standard InChI is InChI=1S/C18H11ClFO/c19-17-12-16(9-10-18(17)20)21-15-8-4-7-14(11-15)13-5-2-1-3-6-13/h1-7,9-12H. The van der Waals surface area contributed by atoms with Crippen molar-refractivity contribution in [1.29, 1.82) is 0 Å². The number of hydrogen-bond acceptors (Lipinski definition) is 1. The van der Waals surface area contributed by atoms with Gasteiger partial charge in [-0.1, -0.05) is 48.0 Å². The van der Waals surface area contributed by atoms with Crippen LogP contribution >= 0.6 is 11.6 Å². The average Bonchev–Trinajstić information content (AvgIpc) is 2.52. The van der Waals surface area contributed by atoms with Crippen LogP contribution in [0, 0.1) is 11.9 Å². The summed E-state index contributed by atoms with van der Waals surface area (Å²) in [7, 11) is 0. The molecule has 3 aromatic rings. The molecule has 21 heavy (non-hydrogen) atoms. The molecule has 0 atom stereocenters. The first-order chi connectivity index (χ1) is 10.2. The molecule has 0 heterocycles. The largest absolute Gasteiger partial charge is 0.457 e. The van der Waals surface area contributed by atoms with Crippen molar-refractivity contribution in [3.8, 4) is 22.6 Å². The molecule has 0 bridgehead atoms. The third kappa shape index (κ3) is 3.23. The third-order valence-corrected chi connectivity index (χ3v) is 3.29. The van der Waals surface area contributed by atoms with E-state index < -0.39 is 5.82 Å². The Morgan fingerprint density at radius 2 is 1.71 bits per heavy atom. The van der Waals surface area contributed by atoms with Crippen molar-refractivity contribution in [3.05, 3.63) is 83.6 Å². The summed E-state index contributed by atoms with van der Waals surface area (Å²) in [6.07, 6.45) is 0.